The molecule has 9 heteroatoms. The van der Waals surface area contributed by atoms with Crippen molar-refractivity contribution < 1.29 is 28.2 Å². The molecule has 0 bridgehead atoms. The molecule has 2 aromatic rings. The number of benzene rings is 2. The minimum absolute atomic E-state index is 0.137. The molecule has 2 aliphatic rings. The van der Waals surface area contributed by atoms with Gasteiger partial charge in [-0.05, 0) is 62.1 Å². The zero-order chi connectivity index (χ0) is 26.6. The maximum Gasteiger partial charge on any atom is 0.338 e. The van der Waals surface area contributed by atoms with E-state index in [4.69, 9.17) is 25.8 Å². The number of rotatable bonds is 9. The Morgan fingerprint density at radius 3 is 2.46 bits per heavy atom. The van der Waals surface area contributed by atoms with Gasteiger partial charge >= 0.3 is 5.97 Å². The number of amides is 1. The number of hydrogen-bond donors (Lipinski definition) is 0. The topological polar surface area (TPSA) is 68.3 Å². The van der Waals surface area contributed by atoms with E-state index < -0.39 is 23.8 Å². The van der Waals surface area contributed by atoms with Crippen molar-refractivity contribution in [2.24, 2.45) is 5.92 Å². The number of ether oxygens (including phenoxy) is 3. The number of cyclic esters (lactones) is 1. The standard InChI is InChI=1S/C28H34ClFN2O5/c1-4-35-21-11-8-19(9-12-21)6-5-7-22(25-27(34)37-28(2,3)36-25)26(33)32-16-14-31(15-17-32)24-13-10-20(29)18-23(24)30/h8-13,18,22,25H,4-7,14-17H2,1-3H3/t22-,25+/m1/s1. The molecule has 0 aromatic heterocycles. The van der Waals surface area contributed by atoms with Crippen LogP contribution in [0.3, 0.4) is 0 Å². The Balaban J connectivity index is 1.41. The van der Waals surface area contributed by atoms with Crippen LogP contribution < -0.4 is 9.64 Å². The fourth-order valence-electron chi connectivity index (χ4n) is 4.91. The van der Waals surface area contributed by atoms with Crippen molar-refractivity contribution in [3.05, 3.63) is 58.9 Å². The fraction of sp³-hybridized carbons (Fsp3) is 0.500. The van der Waals surface area contributed by atoms with Crippen molar-refractivity contribution in [2.45, 2.75) is 51.9 Å². The number of halogens is 2. The molecule has 0 aliphatic carbocycles. The molecule has 4 rings (SSSR count). The SMILES string of the molecule is CCOc1ccc(CCC[C@@H](C(=O)N2CCN(c3ccc(Cl)cc3F)CC2)[C@@H]2OC(C)(C)OC2=O)cc1. The van der Waals surface area contributed by atoms with Gasteiger partial charge in [-0.3, -0.25) is 4.79 Å². The summed E-state index contributed by atoms with van der Waals surface area (Å²) < 4.78 is 31.2. The van der Waals surface area contributed by atoms with E-state index in [0.29, 0.717) is 56.3 Å². The smallest absolute Gasteiger partial charge is 0.338 e. The highest BCUT2D eigenvalue weighted by molar-refractivity contribution is 6.30. The molecular weight excluding hydrogens is 499 g/mol. The van der Waals surface area contributed by atoms with Crippen molar-refractivity contribution >= 4 is 29.2 Å². The first-order valence-electron chi connectivity index (χ1n) is 12.8. The maximum absolute atomic E-state index is 14.4. The first-order chi connectivity index (χ1) is 17.7. The van der Waals surface area contributed by atoms with E-state index in [2.05, 4.69) is 0 Å². The number of esters is 1. The summed E-state index contributed by atoms with van der Waals surface area (Å²) in [5, 5.41) is 0.342. The molecule has 2 fully saturated rings. The van der Waals surface area contributed by atoms with Gasteiger partial charge in [0.05, 0.1) is 18.2 Å². The zero-order valence-electron chi connectivity index (χ0n) is 21.5. The zero-order valence-corrected chi connectivity index (χ0v) is 22.3. The van der Waals surface area contributed by atoms with Gasteiger partial charge in [-0.2, -0.15) is 0 Å². The van der Waals surface area contributed by atoms with E-state index in [9.17, 15) is 14.0 Å². The highest BCUT2D eigenvalue weighted by Crippen LogP contribution is 2.32. The Morgan fingerprint density at radius 1 is 1.16 bits per heavy atom. The lowest BCUT2D eigenvalue weighted by atomic mass is 9.92. The largest absolute Gasteiger partial charge is 0.494 e. The first kappa shape index (κ1) is 27.2. The molecule has 7 nitrogen and oxygen atoms in total. The average molecular weight is 533 g/mol. The van der Waals surface area contributed by atoms with Crippen LogP contribution in [0.4, 0.5) is 10.1 Å². The Labute approximate surface area is 222 Å². The predicted molar refractivity (Wildman–Crippen MR) is 139 cm³/mol. The maximum atomic E-state index is 14.4. The molecule has 0 saturated carbocycles. The van der Waals surface area contributed by atoms with Gasteiger partial charge in [0.2, 0.25) is 11.7 Å². The van der Waals surface area contributed by atoms with Crippen molar-refractivity contribution in [1.82, 2.24) is 4.90 Å². The van der Waals surface area contributed by atoms with Gasteiger partial charge in [0.15, 0.2) is 6.10 Å². The molecule has 2 atom stereocenters. The molecule has 2 heterocycles. The van der Waals surface area contributed by atoms with Crippen molar-refractivity contribution in [1.29, 1.82) is 0 Å². The van der Waals surface area contributed by atoms with E-state index in [0.717, 1.165) is 17.7 Å². The van der Waals surface area contributed by atoms with Gasteiger partial charge in [-0.1, -0.05) is 23.7 Å². The minimum atomic E-state index is -1.07. The molecule has 200 valence electrons. The van der Waals surface area contributed by atoms with Gasteiger partial charge in [0.1, 0.15) is 11.6 Å². The number of carbonyl (C=O) groups is 2. The lowest BCUT2D eigenvalue weighted by Crippen LogP contribution is -2.52. The Kier molecular flexibility index (Phi) is 8.60. The van der Waals surface area contributed by atoms with E-state index >= 15 is 0 Å². The Bertz CT molecular complexity index is 1100. The van der Waals surface area contributed by atoms with Gasteiger partial charge in [-0.25, -0.2) is 9.18 Å². The third kappa shape index (κ3) is 6.73. The summed E-state index contributed by atoms with van der Waals surface area (Å²) in [6.07, 6.45) is 0.988. The third-order valence-corrected chi connectivity index (χ3v) is 6.96. The monoisotopic (exact) mass is 532 g/mol. The van der Waals surface area contributed by atoms with Crippen molar-refractivity contribution in [2.75, 3.05) is 37.7 Å². The summed E-state index contributed by atoms with van der Waals surface area (Å²) in [6.45, 7) is 7.69. The normalized spacial score (nSPS) is 20.0. The minimum Gasteiger partial charge on any atom is -0.494 e. The van der Waals surface area contributed by atoms with Crippen LogP contribution in [0.25, 0.3) is 0 Å². The Hall–Kier alpha value is -2.84. The van der Waals surface area contributed by atoms with Crippen LogP contribution >= 0.6 is 11.6 Å². The van der Waals surface area contributed by atoms with Crippen LogP contribution in [0.5, 0.6) is 5.75 Å². The molecule has 0 unspecified atom stereocenters. The van der Waals surface area contributed by atoms with Crippen LogP contribution in [-0.4, -0.2) is 61.5 Å². The molecule has 1 amide bonds. The average Bonchev–Trinajstić information content (AvgIpc) is 3.14. The molecule has 0 radical (unpaired) electrons. The number of hydrogen-bond acceptors (Lipinski definition) is 6. The van der Waals surface area contributed by atoms with Crippen LogP contribution in [0.1, 0.15) is 39.2 Å². The summed E-state index contributed by atoms with van der Waals surface area (Å²) >= 11 is 5.88. The molecule has 37 heavy (non-hydrogen) atoms. The summed E-state index contributed by atoms with van der Waals surface area (Å²) in [5.41, 5.74) is 1.59. The lowest BCUT2D eigenvalue weighted by molar-refractivity contribution is -0.162. The second-order valence-corrected chi connectivity index (χ2v) is 10.3. The number of anilines is 1. The summed E-state index contributed by atoms with van der Waals surface area (Å²) in [5.74, 6) is -1.94. The van der Waals surface area contributed by atoms with Gasteiger partial charge < -0.3 is 24.0 Å². The van der Waals surface area contributed by atoms with Crippen molar-refractivity contribution in [3.8, 4) is 5.75 Å². The number of aryl methyl sites for hydroxylation is 1. The third-order valence-electron chi connectivity index (χ3n) is 6.73. The van der Waals surface area contributed by atoms with E-state index in [1.54, 1.807) is 30.9 Å². The summed E-state index contributed by atoms with van der Waals surface area (Å²) in [6, 6.07) is 12.5. The second kappa shape index (κ2) is 11.7. The van der Waals surface area contributed by atoms with Gasteiger partial charge in [0, 0.05) is 45.0 Å². The van der Waals surface area contributed by atoms with Crippen LogP contribution in [0.2, 0.25) is 5.02 Å². The second-order valence-electron chi connectivity index (χ2n) is 9.84. The highest BCUT2D eigenvalue weighted by Gasteiger charge is 2.48. The van der Waals surface area contributed by atoms with Crippen LogP contribution in [0.15, 0.2) is 42.5 Å². The number of nitrogens with zero attached hydrogens (tertiary/aromatic N) is 2. The Morgan fingerprint density at radius 2 is 1.86 bits per heavy atom. The molecule has 2 aromatic carbocycles. The fourth-order valence-corrected chi connectivity index (χ4v) is 5.07. The first-order valence-corrected chi connectivity index (χ1v) is 13.2. The highest BCUT2D eigenvalue weighted by atomic mass is 35.5. The quantitative estimate of drug-likeness (QED) is 0.430. The lowest BCUT2D eigenvalue weighted by Gasteiger charge is -2.38. The van der Waals surface area contributed by atoms with Crippen LogP contribution in [-0.2, 0) is 25.5 Å². The molecule has 2 aliphatic heterocycles. The van der Waals surface area contributed by atoms with Gasteiger partial charge in [0.25, 0.3) is 0 Å². The van der Waals surface area contributed by atoms with E-state index in [1.165, 1.54) is 6.07 Å². The summed E-state index contributed by atoms with van der Waals surface area (Å²) in [4.78, 5) is 30.0. The molecule has 0 N–H and O–H groups in total. The molecule has 2 saturated heterocycles. The molecular formula is C28H34ClFN2O5. The van der Waals surface area contributed by atoms with E-state index in [1.807, 2.05) is 36.1 Å². The molecule has 0 spiro atoms. The predicted octanol–water partition coefficient (Wildman–Crippen LogP) is 4.84. The van der Waals surface area contributed by atoms with E-state index in [-0.39, 0.29) is 11.7 Å². The number of carbonyl (C=O) groups excluding carboxylic acids is 2. The van der Waals surface area contributed by atoms with Crippen LogP contribution in [0, 0.1) is 11.7 Å². The van der Waals surface area contributed by atoms with Gasteiger partial charge in [-0.15, -0.1) is 0 Å². The summed E-state index contributed by atoms with van der Waals surface area (Å²) in [7, 11) is 0. The van der Waals surface area contributed by atoms with Crippen molar-refractivity contribution in [3.63, 3.8) is 0 Å². The number of piperazine rings is 1.